The average molecular weight is 354 g/mol. The summed E-state index contributed by atoms with van der Waals surface area (Å²) in [6, 6.07) is 11.5. The zero-order valence-corrected chi connectivity index (χ0v) is 13.2. The Labute approximate surface area is 140 Å². The highest BCUT2D eigenvalue weighted by molar-refractivity contribution is 6.32. The minimum Gasteiger partial charge on any atom is -0.495 e. The molecule has 7 heteroatoms. The van der Waals surface area contributed by atoms with Crippen LogP contribution in [0.3, 0.4) is 0 Å². The van der Waals surface area contributed by atoms with E-state index in [0.29, 0.717) is 33.4 Å². The maximum Gasteiger partial charge on any atom is 0.416 e. The third-order valence-corrected chi connectivity index (χ3v) is 3.74. The molecule has 0 fully saturated rings. The Morgan fingerprint density at radius 3 is 2.54 bits per heavy atom. The van der Waals surface area contributed by atoms with E-state index in [0.717, 1.165) is 12.1 Å². The molecule has 0 spiro atoms. The van der Waals surface area contributed by atoms with Gasteiger partial charge in [0.2, 0.25) is 0 Å². The lowest BCUT2D eigenvalue weighted by atomic mass is 10.1. The highest BCUT2D eigenvalue weighted by atomic mass is 35.5. The van der Waals surface area contributed by atoms with Crippen molar-refractivity contribution >= 4 is 11.6 Å². The minimum atomic E-state index is -4.41. The lowest BCUT2D eigenvalue weighted by Gasteiger charge is -2.06. The van der Waals surface area contributed by atoms with E-state index >= 15 is 0 Å². The zero-order chi connectivity index (χ0) is 17.3. The molecule has 0 saturated carbocycles. The number of nitrogens with zero attached hydrogens (tertiary/aromatic N) is 1. The molecule has 0 N–H and O–H groups in total. The van der Waals surface area contributed by atoms with Crippen LogP contribution in [-0.4, -0.2) is 12.3 Å². The van der Waals surface area contributed by atoms with Crippen molar-refractivity contribution < 1.29 is 22.4 Å². The van der Waals surface area contributed by atoms with Gasteiger partial charge in [-0.25, -0.2) is 0 Å². The summed E-state index contributed by atoms with van der Waals surface area (Å²) in [5, 5.41) is 4.29. The van der Waals surface area contributed by atoms with Gasteiger partial charge in [-0.3, -0.25) is 0 Å². The summed E-state index contributed by atoms with van der Waals surface area (Å²) in [5.74, 6) is 0.864. The normalized spacial score (nSPS) is 11.5. The van der Waals surface area contributed by atoms with Crippen LogP contribution < -0.4 is 4.74 Å². The highest BCUT2D eigenvalue weighted by Gasteiger charge is 2.30. The standard InChI is InChI=1S/C17H11ClF3NO2/c1-23-16-8-11(5-6-13(16)18)15-9-14(22-24-15)10-3-2-4-12(7-10)17(19,20)21/h2-9H,1H3. The summed E-state index contributed by atoms with van der Waals surface area (Å²) >= 11 is 5.97. The minimum absolute atomic E-state index is 0.310. The van der Waals surface area contributed by atoms with Crippen molar-refractivity contribution in [1.82, 2.24) is 5.16 Å². The number of ether oxygens (including phenoxy) is 1. The Bertz CT molecular complexity index is 874. The van der Waals surface area contributed by atoms with Gasteiger partial charge in [0.05, 0.1) is 17.7 Å². The Hall–Kier alpha value is -2.47. The van der Waals surface area contributed by atoms with Crippen molar-refractivity contribution in [1.29, 1.82) is 0 Å². The predicted molar refractivity (Wildman–Crippen MR) is 83.9 cm³/mol. The van der Waals surface area contributed by atoms with Gasteiger partial charge in [0.25, 0.3) is 0 Å². The maximum atomic E-state index is 12.8. The molecule has 1 heterocycles. The van der Waals surface area contributed by atoms with Gasteiger partial charge >= 0.3 is 6.18 Å². The van der Waals surface area contributed by atoms with Crippen LogP contribution in [0.4, 0.5) is 13.2 Å². The van der Waals surface area contributed by atoms with Crippen LogP contribution in [0.1, 0.15) is 5.56 Å². The van der Waals surface area contributed by atoms with E-state index in [9.17, 15) is 13.2 Å². The van der Waals surface area contributed by atoms with Crippen LogP contribution in [-0.2, 0) is 6.18 Å². The molecule has 0 aliphatic rings. The Morgan fingerprint density at radius 2 is 1.83 bits per heavy atom. The summed E-state index contributed by atoms with van der Waals surface area (Å²) in [6.07, 6.45) is -4.41. The molecule has 3 rings (SSSR count). The largest absolute Gasteiger partial charge is 0.495 e. The van der Waals surface area contributed by atoms with Crippen LogP contribution in [0.5, 0.6) is 5.75 Å². The molecular formula is C17H11ClF3NO2. The molecule has 2 aromatic carbocycles. The van der Waals surface area contributed by atoms with E-state index in [1.807, 2.05) is 0 Å². The molecule has 24 heavy (non-hydrogen) atoms. The van der Waals surface area contributed by atoms with Crippen molar-refractivity contribution in [3.63, 3.8) is 0 Å². The average Bonchev–Trinajstić information content (AvgIpc) is 3.05. The smallest absolute Gasteiger partial charge is 0.416 e. The summed E-state index contributed by atoms with van der Waals surface area (Å²) < 4.78 is 48.8. The second-order valence-electron chi connectivity index (χ2n) is 5.00. The van der Waals surface area contributed by atoms with Gasteiger partial charge in [0.1, 0.15) is 11.4 Å². The predicted octanol–water partition coefficient (Wildman–Crippen LogP) is 5.69. The molecule has 0 bridgehead atoms. The van der Waals surface area contributed by atoms with Crippen molar-refractivity contribution in [2.24, 2.45) is 0 Å². The first kappa shape index (κ1) is 16.4. The van der Waals surface area contributed by atoms with Gasteiger partial charge < -0.3 is 9.26 Å². The molecule has 3 nitrogen and oxygen atoms in total. The third-order valence-electron chi connectivity index (χ3n) is 3.43. The second kappa shape index (κ2) is 6.20. The number of halogens is 4. The van der Waals surface area contributed by atoms with Crippen LogP contribution in [0.2, 0.25) is 5.02 Å². The van der Waals surface area contributed by atoms with E-state index in [4.69, 9.17) is 20.9 Å². The fourth-order valence-corrected chi connectivity index (χ4v) is 2.41. The molecule has 124 valence electrons. The van der Waals surface area contributed by atoms with Crippen molar-refractivity contribution in [3.8, 4) is 28.3 Å². The zero-order valence-electron chi connectivity index (χ0n) is 12.4. The van der Waals surface area contributed by atoms with Crippen LogP contribution >= 0.6 is 11.6 Å². The second-order valence-corrected chi connectivity index (χ2v) is 5.41. The number of methoxy groups -OCH3 is 1. The van der Waals surface area contributed by atoms with Crippen molar-refractivity contribution in [3.05, 3.63) is 59.1 Å². The number of rotatable bonds is 3. The fourth-order valence-electron chi connectivity index (χ4n) is 2.22. The van der Waals surface area contributed by atoms with Gasteiger partial charge in [-0.2, -0.15) is 13.2 Å². The number of alkyl halides is 3. The van der Waals surface area contributed by atoms with Crippen LogP contribution in [0, 0.1) is 0 Å². The Morgan fingerprint density at radius 1 is 1.04 bits per heavy atom. The molecule has 0 aliphatic carbocycles. The maximum absolute atomic E-state index is 12.8. The first-order valence-electron chi connectivity index (χ1n) is 6.87. The van der Waals surface area contributed by atoms with Gasteiger partial charge in [-0.05, 0) is 30.3 Å². The number of hydrogen-bond acceptors (Lipinski definition) is 3. The van der Waals surface area contributed by atoms with Gasteiger partial charge in [-0.1, -0.05) is 28.9 Å². The SMILES string of the molecule is COc1cc(-c2cc(-c3cccc(C(F)(F)F)c3)no2)ccc1Cl. The highest BCUT2D eigenvalue weighted by Crippen LogP contribution is 2.34. The molecule has 0 saturated heterocycles. The molecule has 0 unspecified atom stereocenters. The summed E-state index contributed by atoms with van der Waals surface area (Å²) in [4.78, 5) is 0. The molecule has 0 aliphatic heterocycles. The third kappa shape index (κ3) is 3.23. The first-order valence-corrected chi connectivity index (χ1v) is 7.24. The molecular weight excluding hydrogens is 343 g/mol. The lowest BCUT2D eigenvalue weighted by molar-refractivity contribution is -0.137. The summed E-state index contributed by atoms with van der Waals surface area (Å²) in [6.45, 7) is 0. The molecule has 1 aromatic heterocycles. The van der Waals surface area contributed by atoms with E-state index in [1.54, 1.807) is 30.3 Å². The van der Waals surface area contributed by atoms with Crippen LogP contribution in [0.15, 0.2) is 53.1 Å². The van der Waals surface area contributed by atoms with E-state index in [1.165, 1.54) is 13.2 Å². The topological polar surface area (TPSA) is 35.3 Å². The van der Waals surface area contributed by atoms with Gasteiger partial charge in [0.15, 0.2) is 5.76 Å². The first-order chi connectivity index (χ1) is 11.4. The fraction of sp³-hybridized carbons (Fsp3) is 0.118. The Kier molecular flexibility index (Phi) is 4.24. The lowest BCUT2D eigenvalue weighted by Crippen LogP contribution is -2.04. The van der Waals surface area contributed by atoms with Crippen molar-refractivity contribution in [2.75, 3.05) is 7.11 Å². The molecule has 0 radical (unpaired) electrons. The summed E-state index contributed by atoms with van der Waals surface area (Å²) in [5.41, 5.74) is 0.547. The van der Waals surface area contributed by atoms with Gasteiger partial charge in [0, 0.05) is 17.2 Å². The van der Waals surface area contributed by atoms with E-state index in [-0.39, 0.29) is 0 Å². The number of benzene rings is 2. The quantitative estimate of drug-likeness (QED) is 0.606. The van der Waals surface area contributed by atoms with Crippen LogP contribution in [0.25, 0.3) is 22.6 Å². The molecule has 0 atom stereocenters. The molecule has 0 amide bonds. The van der Waals surface area contributed by atoms with Gasteiger partial charge in [-0.15, -0.1) is 0 Å². The van der Waals surface area contributed by atoms with E-state index in [2.05, 4.69) is 5.16 Å². The number of hydrogen-bond donors (Lipinski definition) is 0. The molecule has 3 aromatic rings. The Balaban J connectivity index is 1.97. The number of aromatic nitrogens is 1. The summed E-state index contributed by atoms with van der Waals surface area (Å²) in [7, 11) is 1.49. The monoisotopic (exact) mass is 353 g/mol. The van der Waals surface area contributed by atoms with E-state index < -0.39 is 11.7 Å². The van der Waals surface area contributed by atoms with Crippen molar-refractivity contribution in [2.45, 2.75) is 6.18 Å².